The standard InChI is InChI=1S/C10H11F3N2O3/c11-10(12,13)18-6-5-17-8-3-1-7(2-4-8)9(14)15-16/h1-4,16H,5-6H2,(H2,14,15). The molecule has 0 unspecified atom stereocenters. The third-order valence-corrected chi connectivity index (χ3v) is 1.88. The first-order valence-electron chi connectivity index (χ1n) is 4.84. The molecular formula is C10H11F3N2O3. The van der Waals surface area contributed by atoms with Gasteiger partial charge in [0.05, 0.1) is 6.61 Å². The van der Waals surface area contributed by atoms with Crippen molar-refractivity contribution in [1.29, 1.82) is 0 Å². The predicted molar refractivity (Wildman–Crippen MR) is 56.5 cm³/mol. The van der Waals surface area contributed by atoms with Crippen molar-refractivity contribution in [3.05, 3.63) is 29.8 Å². The number of oxime groups is 1. The van der Waals surface area contributed by atoms with Gasteiger partial charge < -0.3 is 15.7 Å². The lowest BCUT2D eigenvalue weighted by molar-refractivity contribution is -0.325. The number of hydrogen-bond donors (Lipinski definition) is 2. The Labute approximate surface area is 101 Å². The number of alkyl halides is 3. The van der Waals surface area contributed by atoms with Crippen molar-refractivity contribution < 1.29 is 27.9 Å². The fraction of sp³-hybridized carbons (Fsp3) is 0.300. The molecule has 0 spiro atoms. The smallest absolute Gasteiger partial charge is 0.491 e. The van der Waals surface area contributed by atoms with E-state index in [4.69, 9.17) is 15.7 Å². The first kappa shape index (κ1) is 14.1. The normalized spacial score (nSPS) is 12.5. The summed E-state index contributed by atoms with van der Waals surface area (Å²) in [4.78, 5) is 0. The SMILES string of the molecule is NC(=NO)c1ccc(OCCOC(F)(F)F)cc1. The first-order valence-corrected chi connectivity index (χ1v) is 4.84. The Morgan fingerprint density at radius 1 is 1.22 bits per heavy atom. The largest absolute Gasteiger partial charge is 0.522 e. The van der Waals surface area contributed by atoms with Crippen molar-refractivity contribution in [2.45, 2.75) is 6.36 Å². The highest BCUT2D eigenvalue weighted by molar-refractivity contribution is 5.97. The lowest BCUT2D eigenvalue weighted by atomic mass is 10.2. The van der Waals surface area contributed by atoms with Gasteiger partial charge >= 0.3 is 6.36 Å². The average Bonchev–Trinajstić information content (AvgIpc) is 2.33. The number of benzene rings is 1. The van der Waals surface area contributed by atoms with E-state index in [-0.39, 0.29) is 12.4 Å². The van der Waals surface area contributed by atoms with E-state index in [1.165, 1.54) is 24.3 Å². The number of rotatable bonds is 5. The molecule has 1 aromatic rings. The molecule has 0 saturated carbocycles. The Balaban J connectivity index is 2.40. The fourth-order valence-corrected chi connectivity index (χ4v) is 1.10. The van der Waals surface area contributed by atoms with E-state index >= 15 is 0 Å². The summed E-state index contributed by atoms with van der Waals surface area (Å²) in [5, 5.41) is 11.2. The number of nitrogens with two attached hydrogens (primary N) is 1. The number of halogens is 3. The molecular weight excluding hydrogens is 253 g/mol. The maximum Gasteiger partial charge on any atom is 0.522 e. The van der Waals surface area contributed by atoms with E-state index < -0.39 is 13.0 Å². The van der Waals surface area contributed by atoms with Gasteiger partial charge in [0, 0.05) is 5.56 Å². The quantitative estimate of drug-likeness (QED) is 0.279. The summed E-state index contributed by atoms with van der Waals surface area (Å²) in [6.07, 6.45) is -4.65. The maximum atomic E-state index is 11.6. The number of ether oxygens (including phenoxy) is 2. The van der Waals surface area contributed by atoms with Gasteiger partial charge in [0.15, 0.2) is 5.84 Å². The molecule has 3 N–H and O–H groups in total. The molecule has 0 saturated heterocycles. The van der Waals surface area contributed by atoms with Crippen LogP contribution in [0.5, 0.6) is 5.75 Å². The van der Waals surface area contributed by atoms with Crippen molar-refractivity contribution in [3.63, 3.8) is 0 Å². The van der Waals surface area contributed by atoms with Crippen LogP contribution < -0.4 is 10.5 Å². The summed E-state index contributed by atoms with van der Waals surface area (Å²) in [6.45, 7) is -0.825. The van der Waals surface area contributed by atoms with Crippen molar-refractivity contribution in [3.8, 4) is 5.75 Å². The highest BCUT2D eigenvalue weighted by Crippen LogP contribution is 2.16. The molecule has 0 aliphatic rings. The van der Waals surface area contributed by atoms with Crippen LogP contribution in [0.4, 0.5) is 13.2 Å². The minimum atomic E-state index is -4.65. The molecule has 5 nitrogen and oxygen atoms in total. The highest BCUT2D eigenvalue weighted by atomic mass is 19.4. The summed E-state index contributed by atoms with van der Waals surface area (Å²) < 4.78 is 43.4. The van der Waals surface area contributed by atoms with E-state index in [1.807, 2.05) is 0 Å². The van der Waals surface area contributed by atoms with Crippen molar-refractivity contribution >= 4 is 5.84 Å². The first-order chi connectivity index (χ1) is 8.42. The predicted octanol–water partition coefficient (Wildman–Crippen LogP) is 1.70. The van der Waals surface area contributed by atoms with Crippen molar-refractivity contribution in [2.75, 3.05) is 13.2 Å². The maximum absolute atomic E-state index is 11.6. The second-order valence-electron chi connectivity index (χ2n) is 3.15. The molecule has 0 aliphatic heterocycles. The summed E-state index contributed by atoms with van der Waals surface area (Å²) in [5.41, 5.74) is 5.80. The van der Waals surface area contributed by atoms with Gasteiger partial charge in [-0.15, -0.1) is 13.2 Å². The van der Waals surface area contributed by atoms with Gasteiger partial charge in [-0.3, -0.25) is 4.74 Å². The molecule has 0 heterocycles. The molecule has 0 fully saturated rings. The lowest BCUT2D eigenvalue weighted by Crippen LogP contribution is -2.18. The molecule has 100 valence electrons. The Kier molecular flexibility index (Phi) is 4.78. The number of amidine groups is 1. The number of hydrogen-bond acceptors (Lipinski definition) is 4. The van der Waals surface area contributed by atoms with Gasteiger partial charge in [-0.2, -0.15) is 0 Å². The molecule has 1 rings (SSSR count). The molecule has 0 aromatic heterocycles. The molecule has 8 heteroatoms. The van der Waals surface area contributed by atoms with Crippen LogP contribution in [0, 0.1) is 0 Å². The zero-order valence-electron chi connectivity index (χ0n) is 9.15. The highest BCUT2D eigenvalue weighted by Gasteiger charge is 2.28. The Hall–Kier alpha value is -1.96. The van der Waals surface area contributed by atoms with Gasteiger partial charge in [-0.1, -0.05) is 5.16 Å². The second-order valence-corrected chi connectivity index (χ2v) is 3.15. The zero-order chi connectivity index (χ0) is 13.6. The van der Waals surface area contributed by atoms with Crippen LogP contribution in [-0.2, 0) is 4.74 Å². The zero-order valence-corrected chi connectivity index (χ0v) is 9.15. The van der Waals surface area contributed by atoms with Gasteiger partial charge in [0.2, 0.25) is 0 Å². The van der Waals surface area contributed by atoms with Gasteiger partial charge in [-0.25, -0.2) is 0 Å². The number of nitrogens with zero attached hydrogens (tertiary/aromatic N) is 1. The van der Waals surface area contributed by atoms with Crippen LogP contribution >= 0.6 is 0 Å². The van der Waals surface area contributed by atoms with E-state index in [9.17, 15) is 13.2 Å². The van der Waals surface area contributed by atoms with Crippen LogP contribution in [0.2, 0.25) is 0 Å². The van der Waals surface area contributed by atoms with Crippen LogP contribution in [-0.4, -0.2) is 30.6 Å². The molecule has 0 atom stereocenters. The van der Waals surface area contributed by atoms with E-state index in [0.29, 0.717) is 11.3 Å². The van der Waals surface area contributed by atoms with E-state index in [1.54, 1.807) is 0 Å². The van der Waals surface area contributed by atoms with Crippen molar-refractivity contribution in [2.24, 2.45) is 10.9 Å². The van der Waals surface area contributed by atoms with Crippen LogP contribution in [0.15, 0.2) is 29.4 Å². The minimum absolute atomic E-state index is 0.0676. The van der Waals surface area contributed by atoms with Crippen LogP contribution in [0.25, 0.3) is 0 Å². The Bertz CT molecular complexity index is 404. The average molecular weight is 264 g/mol. The second kappa shape index (κ2) is 6.10. The van der Waals surface area contributed by atoms with Gasteiger partial charge in [0.25, 0.3) is 0 Å². The van der Waals surface area contributed by atoms with Crippen molar-refractivity contribution in [1.82, 2.24) is 0 Å². The Morgan fingerprint density at radius 3 is 2.33 bits per heavy atom. The molecule has 0 bridgehead atoms. The minimum Gasteiger partial charge on any atom is -0.491 e. The lowest BCUT2D eigenvalue weighted by Gasteiger charge is -2.09. The van der Waals surface area contributed by atoms with Crippen LogP contribution in [0.3, 0.4) is 0 Å². The third-order valence-electron chi connectivity index (χ3n) is 1.88. The third kappa shape index (κ3) is 4.91. The summed E-state index contributed by atoms with van der Waals surface area (Å²) in [7, 11) is 0. The van der Waals surface area contributed by atoms with Gasteiger partial charge in [0.1, 0.15) is 12.4 Å². The molecule has 1 aromatic carbocycles. The molecule has 0 radical (unpaired) electrons. The van der Waals surface area contributed by atoms with Crippen LogP contribution in [0.1, 0.15) is 5.56 Å². The summed E-state index contributed by atoms with van der Waals surface area (Å²) in [5.74, 6) is 0.289. The topological polar surface area (TPSA) is 77.1 Å². The monoisotopic (exact) mass is 264 g/mol. The Morgan fingerprint density at radius 2 is 1.83 bits per heavy atom. The summed E-state index contributed by atoms with van der Waals surface area (Å²) in [6, 6.07) is 5.99. The van der Waals surface area contributed by atoms with E-state index in [0.717, 1.165) is 0 Å². The van der Waals surface area contributed by atoms with E-state index in [2.05, 4.69) is 9.89 Å². The molecule has 18 heavy (non-hydrogen) atoms. The molecule has 0 amide bonds. The summed E-state index contributed by atoms with van der Waals surface area (Å²) >= 11 is 0. The van der Waals surface area contributed by atoms with Gasteiger partial charge in [-0.05, 0) is 24.3 Å². The fourth-order valence-electron chi connectivity index (χ4n) is 1.10. The molecule has 0 aliphatic carbocycles.